The van der Waals surface area contributed by atoms with E-state index in [-0.39, 0.29) is 12.4 Å². The van der Waals surface area contributed by atoms with E-state index in [1.807, 2.05) is 30.2 Å². The van der Waals surface area contributed by atoms with Crippen molar-refractivity contribution in [2.24, 2.45) is 0 Å². The minimum Gasteiger partial charge on any atom is -0.313 e. The van der Waals surface area contributed by atoms with Gasteiger partial charge in [-0.3, -0.25) is 4.98 Å². The van der Waals surface area contributed by atoms with Crippen molar-refractivity contribution in [1.29, 1.82) is 0 Å². The molecule has 0 saturated carbocycles. The monoisotopic (exact) mass is 244 g/mol. The van der Waals surface area contributed by atoms with Crippen molar-refractivity contribution in [2.75, 3.05) is 12.3 Å². The highest BCUT2D eigenvalue weighted by atomic mass is 35.5. The van der Waals surface area contributed by atoms with E-state index in [9.17, 15) is 0 Å². The van der Waals surface area contributed by atoms with Gasteiger partial charge in [0.05, 0.1) is 0 Å². The molecule has 1 aromatic rings. The molecule has 1 saturated heterocycles. The summed E-state index contributed by atoms with van der Waals surface area (Å²) in [5, 5.41) is 3.51. The second-order valence-electron chi connectivity index (χ2n) is 3.67. The van der Waals surface area contributed by atoms with Gasteiger partial charge in [-0.25, -0.2) is 0 Å². The van der Waals surface area contributed by atoms with Crippen LogP contribution in [0.5, 0.6) is 0 Å². The minimum atomic E-state index is 0. The van der Waals surface area contributed by atoms with Gasteiger partial charge < -0.3 is 5.32 Å². The first kappa shape index (κ1) is 12.8. The second-order valence-corrected chi connectivity index (χ2v) is 4.70. The van der Waals surface area contributed by atoms with E-state index < -0.39 is 0 Å². The molecule has 0 aliphatic carbocycles. The molecule has 1 atom stereocenters. The molecule has 0 bridgehead atoms. The van der Waals surface area contributed by atoms with Crippen LogP contribution in [0.15, 0.2) is 24.5 Å². The molecule has 4 heteroatoms. The summed E-state index contributed by atoms with van der Waals surface area (Å²) in [7, 11) is 0. The number of nitrogens with zero attached hydrogens (tertiary/aromatic N) is 1. The Kier molecular flexibility index (Phi) is 6.06. The fraction of sp³-hybridized carbons (Fsp3) is 0.545. The SMILES string of the molecule is Cl.c1cncc(CSCC2CCCN2)c1. The molecule has 1 aliphatic rings. The molecule has 15 heavy (non-hydrogen) atoms. The van der Waals surface area contributed by atoms with Gasteiger partial charge in [0.1, 0.15) is 0 Å². The van der Waals surface area contributed by atoms with Crippen LogP contribution in [0.4, 0.5) is 0 Å². The van der Waals surface area contributed by atoms with E-state index in [0.717, 1.165) is 11.8 Å². The quantitative estimate of drug-likeness (QED) is 0.881. The molecule has 84 valence electrons. The van der Waals surface area contributed by atoms with Crippen LogP contribution < -0.4 is 5.32 Å². The van der Waals surface area contributed by atoms with Crippen LogP contribution >= 0.6 is 24.2 Å². The Hall–Kier alpha value is -0.250. The zero-order valence-electron chi connectivity index (χ0n) is 8.69. The Morgan fingerprint density at radius 3 is 3.13 bits per heavy atom. The van der Waals surface area contributed by atoms with Gasteiger partial charge in [0.2, 0.25) is 0 Å². The highest BCUT2D eigenvalue weighted by Crippen LogP contribution is 2.16. The topological polar surface area (TPSA) is 24.9 Å². The average molecular weight is 245 g/mol. The normalized spacial score (nSPS) is 19.9. The summed E-state index contributed by atoms with van der Waals surface area (Å²) in [6.07, 6.45) is 6.47. The number of hydrogen-bond donors (Lipinski definition) is 1. The van der Waals surface area contributed by atoms with Gasteiger partial charge in [0.25, 0.3) is 0 Å². The molecule has 1 N–H and O–H groups in total. The summed E-state index contributed by atoms with van der Waals surface area (Å²) in [4.78, 5) is 4.11. The third kappa shape index (κ3) is 4.41. The highest BCUT2D eigenvalue weighted by molar-refractivity contribution is 7.98. The first-order valence-corrected chi connectivity index (χ1v) is 6.30. The number of halogens is 1. The molecule has 0 spiro atoms. The molecule has 0 aromatic carbocycles. The van der Waals surface area contributed by atoms with Gasteiger partial charge in [-0.1, -0.05) is 6.07 Å². The maximum atomic E-state index is 4.11. The summed E-state index contributed by atoms with van der Waals surface area (Å²) in [6.45, 7) is 1.21. The lowest BCUT2D eigenvalue weighted by Crippen LogP contribution is -2.23. The van der Waals surface area contributed by atoms with Crippen molar-refractivity contribution in [3.05, 3.63) is 30.1 Å². The van der Waals surface area contributed by atoms with Crippen molar-refractivity contribution in [3.63, 3.8) is 0 Å². The standard InChI is InChI=1S/C11H16N2S.ClH/c1-3-10(7-12-5-1)8-14-9-11-4-2-6-13-11;/h1,3,5,7,11,13H,2,4,6,8-9H2;1H. The Morgan fingerprint density at radius 1 is 1.53 bits per heavy atom. The zero-order chi connectivity index (χ0) is 9.64. The molecule has 2 nitrogen and oxygen atoms in total. The number of aromatic nitrogens is 1. The van der Waals surface area contributed by atoms with Gasteiger partial charge in [0, 0.05) is 29.9 Å². The third-order valence-electron chi connectivity index (χ3n) is 2.47. The second kappa shape index (κ2) is 7.09. The smallest absolute Gasteiger partial charge is 0.0308 e. The summed E-state index contributed by atoms with van der Waals surface area (Å²) in [5.74, 6) is 2.32. The Balaban J connectivity index is 0.00000112. The molecule has 1 fully saturated rings. The molecule has 0 radical (unpaired) electrons. The van der Waals surface area contributed by atoms with Gasteiger partial charge in [-0.15, -0.1) is 12.4 Å². The number of pyridine rings is 1. The fourth-order valence-electron chi connectivity index (χ4n) is 1.70. The predicted molar refractivity (Wildman–Crippen MR) is 68.7 cm³/mol. The van der Waals surface area contributed by atoms with Gasteiger partial charge in [-0.05, 0) is 31.0 Å². The number of nitrogens with one attached hydrogen (secondary N) is 1. The zero-order valence-corrected chi connectivity index (χ0v) is 10.3. The largest absolute Gasteiger partial charge is 0.313 e. The van der Waals surface area contributed by atoms with Gasteiger partial charge >= 0.3 is 0 Å². The number of hydrogen-bond acceptors (Lipinski definition) is 3. The van der Waals surface area contributed by atoms with Gasteiger partial charge in [0.15, 0.2) is 0 Å². The molecule has 1 unspecified atom stereocenters. The maximum Gasteiger partial charge on any atom is 0.0308 e. The summed E-state index contributed by atoms with van der Waals surface area (Å²) in [6, 6.07) is 4.89. The summed E-state index contributed by atoms with van der Waals surface area (Å²) >= 11 is 2.00. The molecule has 1 aliphatic heterocycles. The fourth-order valence-corrected chi connectivity index (χ4v) is 2.79. The lowest BCUT2D eigenvalue weighted by molar-refractivity contribution is 0.674. The van der Waals surface area contributed by atoms with E-state index in [2.05, 4.69) is 16.4 Å². The molecule has 2 rings (SSSR count). The van der Waals surface area contributed by atoms with Crippen LogP contribution in [0.1, 0.15) is 18.4 Å². The molecular formula is C11H17ClN2S. The van der Waals surface area contributed by atoms with E-state index in [1.54, 1.807) is 0 Å². The first-order valence-electron chi connectivity index (χ1n) is 5.15. The number of thioether (sulfide) groups is 1. The van der Waals surface area contributed by atoms with E-state index in [1.165, 1.54) is 30.7 Å². The summed E-state index contributed by atoms with van der Waals surface area (Å²) < 4.78 is 0. The lowest BCUT2D eigenvalue weighted by Gasteiger charge is -2.08. The van der Waals surface area contributed by atoms with Crippen LogP contribution in [-0.4, -0.2) is 23.3 Å². The van der Waals surface area contributed by atoms with Crippen molar-refractivity contribution in [1.82, 2.24) is 10.3 Å². The average Bonchev–Trinajstić information content (AvgIpc) is 2.72. The van der Waals surface area contributed by atoms with Crippen LogP contribution in [0.2, 0.25) is 0 Å². The molecule has 0 amide bonds. The van der Waals surface area contributed by atoms with Crippen molar-refractivity contribution in [2.45, 2.75) is 24.6 Å². The Morgan fingerprint density at radius 2 is 2.47 bits per heavy atom. The van der Waals surface area contributed by atoms with Crippen LogP contribution in [0.25, 0.3) is 0 Å². The van der Waals surface area contributed by atoms with Crippen molar-refractivity contribution < 1.29 is 0 Å². The maximum absolute atomic E-state index is 4.11. The molecule has 2 heterocycles. The predicted octanol–water partition coefficient (Wildman–Crippen LogP) is 2.49. The highest BCUT2D eigenvalue weighted by Gasteiger charge is 2.13. The molecule has 1 aromatic heterocycles. The van der Waals surface area contributed by atoms with Crippen molar-refractivity contribution >= 4 is 24.2 Å². The van der Waals surface area contributed by atoms with Gasteiger partial charge in [-0.2, -0.15) is 11.8 Å². The van der Waals surface area contributed by atoms with Crippen LogP contribution in [0.3, 0.4) is 0 Å². The van der Waals surface area contributed by atoms with E-state index in [4.69, 9.17) is 0 Å². The van der Waals surface area contributed by atoms with Crippen molar-refractivity contribution in [3.8, 4) is 0 Å². The van der Waals surface area contributed by atoms with Crippen LogP contribution in [0, 0.1) is 0 Å². The Bertz CT molecular complexity index is 263. The Labute approximate surface area is 102 Å². The first-order chi connectivity index (χ1) is 6.95. The van der Waals surface area contributed by atoms with E-state index in [0.29, 0.717) is 0 Å². The third-order valence-corrected chi connectivity index (χ3v) is 3.65. The molecular weight excluding hydrogens is 228 g/mol. The summed E-state index contributed by atoms with van der Waals surface area (Å²) in [5.41, 5.74) is 1.33. The van der Waals surface area contributed by atoms with Crippen LogP contribution in [-0.2, 0) is 5.75 Å². The number of rotatable bonds is 4. The van der Waals surface area contributed by atoms with E-state index >= 15 is 0 Å². The lowest BCUT2D eigenvalue weighted by atomic mass is 10.3. The minimum absolute atomic E-state index is 0.